The second kappa shape index (κ2) is 7.93. The van der Waals surface area contributed by atoms with Crippen LogP contribution in [0.15, 0.2) is 29.3 Å². The summed E-state index contributed by atoms with van der Waals surface area (Å²) in [6, 6.07) is 0.358. The van der Waals surface area contributed by atoms with Gasteiger partial charge in [-0.05, 0) is 32.0 Å². The van der Waals surface area contributed by atoms with Gasteiger partial charge in [-0.25, -0.2) is 13.4 Å². The fourth-order valence-electron chi connectivity index (χ4n) is 3.19. The van der Waals surface area contributed by atoms with Crippen LogP contribution in [0.2, 0.25) is 0 Å². The van der Waals surface area contributed by atoms with E-state index in [1.807, 2.05) is 0 Å². The summed E-state index contributed by atoms with van der Waals surface area (Å²) in [7, 11) is -4.58. The lowest BCUT2D eigenvalue weighted by molar-refractivity contribution is -0.143. The number of hydrogen-bond acceptors (Lipinski definition) is 5. The molecule has 6 nitrogen and oxygen atoms in total. The number of benzene rings is 1. The van der Waals surface area contributed by atoms with Crippen LogP contribution in [0.3, 0.4) is 0 Å². The van der Waals surface area contributed by atoms with Gasteiger partial charge in [-0.1, -0.05) is 0 Å². The topological polar surface area (TPSA) is 66.4 Å². The predicted molar refractivity (Wildman–Crippen MR) is 98.9 cm³/mol. The molecule has 0 N–H and O–H groups in total. The highest BCUT2D eigenvalue weighted by Gasteiger charge is 2.39. The fourth-order valence-corrected chi connectivity index (χ4v) is 4.68. The normalized spacial score (nSPS) is 16.6. The number of alkyl halides is 6. The summed E-state index contributed by atoms with van der Waals surface area (Å²) in [6.07, 6.45) is -8.69. The van der Waals surface area contributed by atoms with Gasteiger partial charge in [0.05, 0.1) is 27.4 Å². The lowest BCUT2D eigenvalue weighted by Gasteiger charge is -2.35. The minimum atomic E-state index is -5.13. The van der Waals surface area contributed by atoms with E-state index < -0.39 is 38.4 Å². The second-order valence-corrected chi connectivity index (χ2v) is 8.99. The highest BCUT2D eigenvalue weighted by molar-refractivity contribution is 7.89. The van der Waals surface area contributed by atoms with Crippen LogP contribution in [0.1, 0.15) is 22.5 Å². The first-order valence-corrected chi connectivity index (χ1v) is 10.5. The van der Waals surface area contributed by atoms with Crippen molar-refractivity contribution < 1.29 is 34.8 Å². The van der Waals surface area contributed by atoms with E-state index in [-0.39, 0.29) is 44.4 Å². The van der Waals surface area contributed by atoms with Crippen molar-refractivity contribution in [3.05, 3.63) is 46.9 Å². The summed E-state index contributed by atoms with van der Waals surface area (Å²) in [6.45, 7) is 3.52. The smallest absolute Gasteiger partial charge is 0.352 e. The number of nitrogens with zero attached hydrogens (tertiary/aromatic N) is 4. The molecule has 1 aliphatic heterocycles. The third-order valence-electron chi connectivity index (χ3n) is 4.79. The molecule has 170 valence electrons. The molecule has 0 atom stereocenters. The molecule has 3 rings (SSSR count). The number of piperazine rings is 1. The number of sulfonamides is 1. The van der Waals surface area contributed by atoms with Crippen LogP contribution >= 0.6 is 0 Å². The Bertz CT molecular complexity index is 1050. The van der Waals surface area contributed by atoms with Gasteiger partial charge in [0.1, 0.15) is 5.82 Å². The molecule has 1 fully saturated rings. The molecule has 1 aliphatic rings. The second-order valence-electron chi connectivity index (χ2n) is 7.05. The molecular weight excluding hydrogens is 450 g/mol. The monoisotopic (exact) mass is 468 g/mol. The van der Waals surface area contributed by atoms with Gasteiger partial charge in [0, 0.05) is 32.4 Å². The maximum absolute atomic E-state index is 13.1. The molecule has 2 aromatic rings. The zero-order valence-electron chi connectivity index (χ0n) is 16.4. The average molecular weight is 468 g/mol. The molecule has 0 radical (unpaired) electrons. The van der Waals surface area contributed by atoms with Gasteiger partial charge in [-0.2, -0.15) is 30.6 Å². The van der Waals surface area contributed by atoms with E-state index in [1.54, 1.807) is 24.9 Å². The van der Waals surface area contributed by atoms with E-state index >= 15 is 0 Å². The predicted octanol–water partition coefficient (Wildman–Crippen LogP) is 3.64. The van der Waals surface area contributed by atoms with Crippen molar-refractivity contribution in [1.29, 1.82) is 0 Å². The van der Waals surface area contributed by atoms with Crippen LogP contribution in [0, 0.1) is 13.8 Å². The number of rotatable bonds is 3. The standard InChI is InChI=1S/C18H18F6N4O2S/c1-11-10-25-12(2)16(26-11)27-3-5-28(6-4-27)31(29,30)15-8-13(17(19,20)21)7-14(9-15)18(22,23)24/h7-10H,3-6H2,1-2H3. The summed E-state index contributed by atoms with van der Waals surface area (Å²) in [4.78, 5) is 9.28. The summed E-state index contributed by atoms with van der Waals surface area (Å²) in [5, 5.41) is 0. The van der Waals surface area contributed by atoms with Crippen LogP contribution in [0.4, 0.5) is 32.2 Å². The molecule has 0 bridgehead atoms. The lowest BCUT2D eigenvalue weighted by atomic mass is 10.1. The molecular formula is C18H18F6N4O2S. The SMILES string of the molecule is Cc1cnc(C)c(N2CCN(S(=O)(=O)c3cc(C(F)(F)F)cc(C(F)(F)F)c3)CC2)n1. The molecule has 2 heterocycles. The highest BCUT2D eigenvalue weighted by Crippen LogP contribution is 2.38. The van der Waals surface area contributed by atoms with E-state index in [4.69, 9.17) is 0 Å². The van der Waals surface area contributed by atoms with Gasteiger partial charge >= 0.3 is 12.4 Å². The van der Waals surface area contributed by atoms with Crippen molar-refractivity contribution >= 4 is 15.8 Å². The third-order valence-corrected chi connectivity index (χ3v) is 6.66. The van der Waals surface area contributed by atoms with Crippen LogP contribution in [-0.4, -0.2) is 48.9 Å². The van der Waals surface area contributed by atoms with E-state index in [0.29, 0.717) is 17.2 Å². The Kier molecular flexibility index (Phi) is 5.95. The van der Waals surface area contributed by atoms with E-state index in [9.17, 15) is 34.8 Å². The van der Waals surface area contributed by atoms with Crippen LogP contribution in [-0.2, 0) is 22.4 Å². The quantitative estimate of drug-likeness (QED) is 0.644. The Morgan fingerprint density at radius 3 is 1.87 bits per heavy atom. The maximum Gasteiger partial charge on any atom is 0.416 e. The van der Waals surface area contributed by atoms with Gasteiger partial charge in [-0.15, -0.1) is 0 Å². The van der Waals surface area contributed by atoms with Crippen LogP contribution in [0.5, 0.6) is 0 Å². The molecule has 1 saturated heterocycles. The number of hydrogen-bond donors (Lipinski definition) is 0. The zero-order valence-corrected chi connectivity index (χ0v) is 17.2. The molecule has 0 aliphatic carbocycles. The molecule has 13 heteroatoms. The Morgan fingerprint density at radius 2 is 1.39 bits per heavy atom. The summed E-state index contributed by atoms with van der Waals surface area (Å²) in [5.74, 6) is 0.551. The first-order valence-electron chi connectivity index (χ1n) is 9.04. The zero-order chi connectivity index (χ0) is 23.2. The summed E-state index contributed by atoms with van der Waals surface area (Å²) < 4.78 is 105. The Morgan fingerprint density at radius 1 is 0.871 bits per heavy atom. The molecule has 1 aromatic carbocycles. The average Bonchev–Trinajstić information content (AvgIpc) is 2.68. The minimum Gasteiger partial charge on any atom is -0.352 e. The molecule has 0 unspecified atom stereocenters. The number of aryl methyl sites for hydroxylation is 2. The van der Waals surface area contributed by atoms with Gasteiger partial charge in [0.15, 0.2) is 0 Å². The molecule has 0 spiro atoms. The molecule has 0 saturated carbocycles. The lowest BCUT2D eigenvalue weighted by Crippen LogP contribution is -2.49. The van der Waals surface area contributed by atoms with Crippen molar-refractivity contribution in [2.75, 3.05) is 31.1 Å². The van der Waals surface area contributed by atoms with Crippen molar-refractivity contribution in [2.45, 2.75) is 31.1 Å². The molecule has 1 aromatic heterocycles. The summed E-state index contributed by atoms with van der Waals surface area (Å²) >= 11 is 0. The first kappa shape index (κ1) is 23.3. The third kappa shape index (κ3) is 4.92. The van der Waals surface area contributed by atoms with E-state index in [0.717, 1.165) is 4.31 Å². The fraction of sp³-hybridized carbons (Fsp3) is 0.444. The highest BCUT2D eigenvalue weighted by atomic mass is 32.2. The number of halogens is 6. The number of aromatic nitrogens is 2. The molecule has 31 heavy (non-hydrogen) atoms. The number of anilines is 1. The Hall–Kier alpha value is -2.41. The van der Waals surface area contributed by atoms with Gasteiger partial charge in [0.2, 0.25) is 10.0 Å². The van der Waals surface area contributed by atoms with Gasteiger partial charge in [0.25, 0.3) is 0 Å². The Balaban J connectivity index is 1.90. The van der Waals surface area contributed by atoms with E-state index in [2.05, 4.69) is 9.97 Å². The maximum atomic E-state index is 13.1. The first-order chi connectivity index (χ1) is 14.2. The largest absolute Gasteiger partial charge is 0.416 e. The van der Waals surface area contributed by atoms with Crippen molar-refractivity contribution in [3.63, 3.8) is 0 Å². The van der Waals surface area contributed by atoms with Gasteiger partial charge < -0.3 is 4.90 Å². The molecule has 0 amide bonds. The van der Waals surface area contributed by atoms with Crippen LogP contribution in [0.25, 0.3) is 0 Å². The van der Waals surface area contributed by atoms with Crippen LogP contribution < -0.4 is 4.90 Å². The van der Waals surface area contributed by atoms with Gasteiger partial charge in [-0.3, -0.25) is 4.98 Å². The van der Waals surface area contributed by atoms with Crippen molar-refractivity contribution in [2.24, 2.45) is 0 Å². The van der Waals surface area contributed by atoms with Crippen molar-refractivity contribution in [3.8, 4) is 0 Å². The van der Waals surface area contributed by atoms with E-state index in [1.165, 1.54) is 0 Å². The minimum absolute atomic E-state index is 0.101. The summed E-state index contributed by atoms with van der Waals surface area (Å²) in [5.41, 5.74) is -2.08. The van der Waals surface area contributed by atoms with Crippen molar-refractivity contribution in [1.82, 2.24) is 14.3 Å². The Labute approximate surface area is 174 Å².